The van der Waals surface area contributed by atoms with E-state index in [1.807, 2.05) is 18.2 Å². The normalized spacial score (nSPS) is 19.9. The number of hydrogen-bond acceptors (Lipinski definition) is 3. The van der Waals surface area contributed by atoms with Crippen LogP contribution in [-0.2, 0) is 23.0 Å². The van der Waals surface area contributed by atoms with Gasteiger partial charge in [0.1, 0.15) is 0 Å². The molecule has 2 unspecified atom stereocenters. The minimum Gasteiger partial charge on any atom is -0.361 e. The van der Waals surface area contributed by atoms with Crippen LogP contribution in [-0.4, -0.2) is 26.0 Å². The van der Waals surface area contributed by atoms with Crippen molar-refractivity contribution in [3.8, 4) is 0 Å². The number of benzene rings is 3. The lowest BCUT2D eigenvalue weighted by atomic mass is 10.0. The van der Waals surface area contributed by atoms with Crippen LogP contribution >= 0.6 is 0 Å². The smallest absolute Gasteiger partial charge is 0.264 e. The third-order valence-corrected chi connectivity index (χ3v) is 8.56. The lowest BCUT2D eigenvalue weighted by Gasteiger charge is -2.19. The van der Waals surface area contributed by atoms with E-state index in [1.54, 1.807) is 28.6 Å². The molecule has 6 rings (SSSR count). The Morgan fingerprint density at radius 2 is 1.81 bits per heavy atom. The molecule has 0 saturated heterocycles. The van der Waals surface area contributed by atoms with E-state index in [2.05, 4.69) is 46.8 Å². The lowest BCUT2D eigenvalue weighted by Crippen LogP contribution is -2.29. The molecule has 2 atom stereocenters. The summed E-state index contributed by atoms with van der Waals surface area (Å²) < 4.78 is 27.7. The molecule has 1 fully saturated rings. The number of anilines is 1. The first-order valence-electron chi connectivity index (χ1n) is 11.1. The van der Waals surface area contributed by atoms with E-state index in [0.29, 0.717) is 23.4 Å². The number of hydrogen-bond donors (Lipinski definition) is 2. The molecule has 4 aromatic rings. The minimum absolute atomic E-state index is 0.348. The highest BCUT2D eigenvalue weighted by molar-refractivity contribution is 7.92. The van der Waals surface area contributed by atoms with E-state index in [-0.39, 0.29) is 0 Å². The van der Waals surface area contributed by atoms with Gasteiger partial charge in [-0.15, -0.1) is 0 Å². The molecule has 1 saturated carbocycles. The number of aromatic amines is 1. The Labute approximate surface area is 188 Å². The summed E-state index contributed by atoms with van der Waals surface area (Å²) in [5.74, 6) is 0.491. The zero-order chi connectivity index (χ0) is 21.7. The molecule has 0 spiro atoms. The molecular weight excluding hydrogens is 418 g/mol. The molecular formula is C26H25N3O2S. The summed E-state index contributed by atoms with van der Waals surface area (Å²) in [6.45, 7) is 1.35. The molecule has 0 amide bonds. The highest BCUT2D eigenvalue weighted by Crippen LogP contribution is 2.44. The van der Waals surface area contributed by atoms with Crippen LogP contribution in [0.4, 0.5) is 5.69 Å². The molecule has 1 aromatic heterocycles. The van der Waals surface area contributed by atoms with Crippen LogP contribution in [0.1, 0.15) is 29.0 Å². The number of fused-ring (bicyclic) bond motifs is 2. The Morgan fingerprint density at radius 3 is 2.69 bits per heavy atom. The van der Waals surface area contributed by atoms with Gasteiger partial charge >= 0.3 is 0 Å². The van der Waals surface area contributed by atoms with Crippen LogP contribution in [0.2, 0.25) is 0 Å². The maximum absolute atomic E-state index is 13.1. The number of rotatable bonds is 6. The van der Waals surface area contributed by atoms with Gasteiger partial charge in [-0.25, -0.2) is 8.42 Å². The van der Waals surface area contributed by atoms with Crippen molar-refractivity contribution in [2.45, 2.75) is 36.2 Å². The zero-order valence-corrected chi connectivity index (χ0v) is 18.5. The van der Waals surface area contributed by atoms with Crippen LogP contribution in [0.3, 0.4) is 0 Å². The van der Waals surface area contributed by atoms with Crippen molar-refractivity contribution in [2.24, 2.45) is 0 Å². The SMILES string of the molecule is O=S(=O)(c1ccccc1)N1CCc2cc(C3CC3NCc3c[nH]c4ccccc34)ccc21. The quantitative estimate of drug-likeness (QED) is 0.459. The van der Waals surface area contributed by atoms with E-state index < -0.39 is 10.0 Å². The molecule has 6 heteroatoms. The number of sulfonamides is 1. The minimum atomic E-state index is -3.51. The van der Waals surface area contributed by atoms with Gasteiger partial charge in [0.15, 0.2) is 0 Å². The molecule has 1 aliphatic carbocycles. The van der Waals surface area contributed by atoms with Crippen molar-refractivity contribution in [1.82, 2.24) is 10.3 Å². The molecule has 162 valence electrons. The second-order valence-electron chi connectivity index (χ2n) is 8.72. The lowest BCUT2D eigenvalue weighted by molar-refractivity contribution is 0.592. The van der Waals surface area contributed by atoms with Gasteiger partial charge in [0.05, 0.1) is 10.6 Å². The van der Waals surface area contributed by atoms with Crippen LogP contribution in [0.5, 0.6) is 0 Å². The monoisotopic (exact) mass is 443 g/mol. The van der Waals surface area contributed by atoms with Crippen molar-refractivity contribution < 1.29 is 8.42 Å². The highest BCUT2D eigenvalue weighted by atomic mass is 32.2. The van der Waals surface area contributed by atoms with Crippen molar-refractivity contribution >= 4 is 26.6 Å². The largest absolute Gasteiger partial charge is 0.361 e. The first-order chi connectivity index (χ1) is 15.6. The van der Waals surface area contributed by atoms with Crippen LogP contribution < -0.4 is 9.62 Å². The Bertz CT molecular complexity index is 1400. The van der Waals surface area contributed by atoms with Crippen LogP contribution in [0, 0.1) is 0 Å². The van der Waals surface area contributed by atoms with Crippen molar-refractivity contribution in [2.75, 3.05) is 10.8 Å². The van der Waals surface area contributed by atoms with Gasteiger partial charge in [-0.05, 0) is 53.8 Å². The second kappa shape index (κ2) is 7.50. The van der Waals surface area contributed by atoms with E-state index in [9.17, 15) is 8.42 Å². The highest BCUT2D eigenvalue weighted by Gasteiger charge is 2.39. The summed E-state index contributed by atoms with van der Waals surface area (Å²) in [5, 5.41) is 4.97. The van der Waals surface area contributed by atoms with Gasteiger partial charge in [0, 0.05) is 42.1 Å². The average Bonchev–Trinajstić information content (AvgIpc) is 3.28. The number of H-pyrrole nitrogens is 1. The van der Waals surface area contributed by atoms with Gasteiger partial charge < -0.3 is 10.3 Å². The Kier molecular flexibility index (Phi) is 4.59. The fourth-order valence-electron chi connectivity index (χ4n) is 4.90. The van der Waals surface area contributed by atoms with Gasteiger partial charge in [-0.3, -0.25) is 4.31 Å². The predicted molar refractivity (Wildman–Crippen MR) is 127 cm³/mol. The molecule has 2 heterocycles. The Hall–Kier alpha value is -3.09. The Balaban J connectivity index is 1.16. The van der Waals surface area contributed by atoms with Gasteiger partial charge in [-0.1, -0.05) is 48.5 Å². The fraction of sp³-hybridized carbons (Fsp3) is 0.231. The molecule has 1 aliphatic heterocycles. The summed E-state index contributed by atoms with van der Waals surface area (Å²) in [4.78, 5) is 3.69. The predicted octanol–water partition coefficient (Wildman–Crippen LogP) is 4.57. The van der Waals surface area contributed by atoms with E-state index in [4.69, 9.17) is 0 Å². The molecule has 0 radical (unpaired) electrons. The standard InChI is InChI=1S/C26H25N3O2S/c30-32(31,21-6-2-1-3-7-21)29-13-12-19-14-18(10-11-26(19)29)23-15-25(23)28-17-20-16-27-24-9-5-4-8-22(20)24/h1-11,14,16,23,25,27-28H,12-13,15,17H2. The summed E-state index contributed by atoms with van der Waals surface area (Å²) in [5.41, 5.74) is 5.72. The zero-order valence-electron chi connectivity index (χ0n) is 17.7. The molecule has 5 nitrogen and oxygen atoms in total. The number of aromatic nitrogens is 1. The summed E-state index contributed by atoms with van der Waals surface area (Å²) >= 11 is 0. The molecule has 2 N–H and O–H groups in total. The third kappa shape index (κ3) is 3.31. The van der Waals surface area contributed by atoms with Crippen LogP contribution in [0.15, 0.2) is 83.9 Å². The fourth-order valence-corrected chi connectivity index (χ4v) is 6.42. The van der Waals surface area contributed by atoms with E-state index in [1.165, 1.54) is 22.0 Å². The average molecular weight is 444 g/mol. The van der Waals surface area contributed by atoms with E-state index in [0.717, 1.165) is 30.6 Å². The van der Waals surface area contributed by atoms with Gasteiger partial charge in [-0.2, -0.15) is 0 Å². The maximum Gasteiger partial charge on any atom is 0.264 e. The van der Waals surface area contributed by atoms with Crippen molar-refractivity contribution in [1.29, 1.82) is 0 Å². The maximum atomic E-state index is 13.1. The van der Waals surface area contributed by atoms with Gasteiger partial charge in [0.25, 0.3) is 10.0 Å². The van der Waals surface area contributed by atoms with Crippen LogP contribution in [0.25, 0.3) is 10.9 Å². The first-order valence-corrected chi connectivity index (χ1v) is 12.5. The number of nitrogens with zero attached hydrogens (tertiary/aromatic N) is 1. The molecule has 32 heavy (non-hydrogen) atoms. The second-order valence-corrected chi connectivity index (χ2v) is 10.6. The number of nitrogens with one attached hydrogen (secondary N) is 2. The molecule has 2 aliphatic rings. The summed E-state index contributed by atoms with van der Waals surface area (Å²) in [6.07, 6.45) is 3.97. The van der Waals surface area contributed by atoms with Crippen molar-refractivity contribution in [3.63, 3.8) is 0 Å². The first kappa shape index (κ1) is 19.6. The summed E-state index contributed by atoms with van der Waals surface area (Å²) in [6, 6.07) is 23.9. The molecule has 0 bridgehead atoms. The van der Waals surface area contributed by atoms with Gasteiger partial charge in [0.2, 0.25) is 0 Å². The van der Waals surface area contributed by atoms with Crippen molar-refractivity contribution in [3.05, 3.63) is 95.7 Å². The summed E-state index contributed by atoms with van der Waals surface area (Å²) in [7, 11) is -3.51. The Morgan fingerprint density at radius 1 is 1.00 bits per heavy atom. The molecule has 3 aromatic carbocycles. The topological polar surface area (TPSA) is 65.2 Å². The third-order valence-electron chi connectivity index (χ3n) is 6.74. The number of para-hydroxylation sites is 1. The van der Waals surface area contributed by atoms with E-state index >= 15 is 0 Å².